The van der Waals surface area contributed by atoms with E-state index in [1.54, 1.807) is 12.1 Å². The molecule has 7 nitrogen and oxygen atoms in total. The van der Waals surface area contributed by atoms with E-state index in [1.165, 1.54) is 26.3 Å². The van der Waals surface area contributed by atoms with Crippen LogP contribution in [0.15, 0.2) is 24.4 Å². The van der Waals surface area contributed by atoms with E-state index in [-0.39, 0.29) is 11.9 Å². The van der Waals surface area contributed by atoms with Crippen LogP contribution in [0, 0.1) is 5.92 Å². The van der Waals surface area contributed by atoms with Crippen LogP contribution in [-0.2, 0) is 4.74 Å². The van der Waals surface area contributed by atoms with Crippen molar-refractivity contribution >= 4 is 17.2 Å². The molecule has 33 heavy (non-hydrogen) atoms. The number of allylic oxidation sites excluding steroid dienone is 1. The third-order valence-electron chi connectivity index (χ3n) is 6.23. The van der Waals surface area contributed by atoms with Crippen LogP contribution in [0.2, 0.25) is 0 Å². The maximum absolute atomic E-state index is 12.7. The van der Waals surface area contributed by atoms with E-state index in [2.05, 4.69) is 27.4 Å². The summed E-state index contributed by atoms with van der Waals surface area (Å²) in [5, 5.41) is 17.0. The van der Waals surface area contributed by atoms with Crippen LogP contribution in [0.1, 0.15) is 52.8 Å². The summed E-state index contributed by atoms with van der Waals surface area (Å²) < 4.78 is 43.6. The van der Waals surface area contributed by atoms with Gasteiger partial charge in [0.25, 0.3) is 5.91 Å². The summed E-state index contributed by atoms with van der Waals surface area (Å²) >= 11 is 1.06. The minimum Gasteiger partial charge on any atom is -0.377 e. The molecule has 1 amide bonds. The van der Waals surface area contributed by atoms with Crippen LogP contribution in [0.25, 0.3) is 0 Å². The van der Waals surface area contributed by atoms with Gasteiger partial charge in [0.05, 0.1) is 30.3 Å². The molecule has 1 saturated carbocycles. The largest absolute Gasteiger partial charge is 0.428 e. The number of carbonyl (C=O) groups excluding carboxylic acids is 1. The number of ether oxygens (including phenoxy) is 1. The van der Waals surface area contributed by atoms with Crippen molar-refractivity contribution in [2.45, 2.75) is 56.7 Å². The number of alkyl halides is 3. The lowest BCUT2D eigenvalue weighted by atomic mass is 9.86. The maximum Gasteiger partial charge on any atom is 0.428 e. The quantitative estimate of drug-likeness (QED) is 0.399. The lowest BCUT2D eigenvalue weighted by molar-refractivity contribution is -0.216. The minimum atomic E-state index is -4.79. The summed E-state index contributed by atoms with van der Waals surface area (Å²) in [5.74, 6) is 0.180. The Morgan fingerprint density at radius 2 is 2.06 bits per heavy atom. The van der Waals surface area contributed by atoms with Gasteiger partial charge in [-0.25, -0.2) is 0 Å². The van der Waals surface area contributed by atoms with E-state index in [4.69, 9.17) is 4.74 Å². The Kier molecular flexibility index (Phi) is 9.17. The van der Waals surface area contributed by atoms with Gasteiger partial charge in [0.15, 0.2) is 0 Å². The van der Waals surface area contributed by atoms with Crippen LogP contribution in [0.3, 0.4) is 0 Å². The van der Waals surface area contributed by atoms with Gasteiger partial charge in [0.1, 0.15) is 0 Å². The maximum atomic E-state index is 12.7. The molecule has 1 aliphatic carbocycles. The lowest BCUT2D eigenvalue weighted by Crippen LogP contribution is -2.51. The highest BCUT2D eigenvalue weighted by atomic mass is 32.1. The fourth-order valence-corrected chi connectivity index (χ4v) is 5.35. The van der Waals surface area contributed by atoms with Crippen LogP contribution in [0.4, 0.5) is 13.2 Å². The number of nitrogens with one attached hydrogen (secondary N) is 3. The van der Waals surface area contributed by atoms with Crippen molar-refractivity contribution in [2.75, 3.05) is 33.4 Å². The highest BCUT2D eigenvalue weighted by Crippen LogP contribution is 2.32. The fourth-order valence-electron chi connectivity index (χ4n) is 4.36. The first-order chi connectivity index (χ1) is 15.7. The summed E-state index contributed by atoms with van der Waals surface area (Å²) in [4.78, 5) is 15.8. The van der Waals surface area contributed by atoms with E-state index < -0.39 is 18.6 Å². The molecule has 2 aliphatic rings. The molecule has 0 radical (unpaired) electrons. The third kappa shape index (κ3) is 6.92. The Balaban J connectivity index is 1.57. The van der Waals surface area contributed by atoms with Gasteiger partial charge in [-0.2, -0.15) is 13.2 Å². The summed E-state index contributed by atoms with van der Waals surface area (Å²) in [6, 6.07) is 3.13. The van der Waals surface area contributed by atoms with Gasteiger partial charge >= 0.3 is 6.18 Å². The molecule has 0 spiro atoms. The number of hydrogen-bond acceptors (Lipinski definition) is 7. The van der Waals surface area contributed by atoms with E-state index in [1.807, 2.05) is 0 Å². The first-order valence-electron chi connectivity index (χ1n) is 11.3. The van der Waals surface area contributed by atoms with Crippen LogP contribution >= 0.6 is 11.3 Å². The molecular weight excluding hydrogens is 457 g/mol. The zero-order valence-corrected chi connectivity index (χ0v) is 19.6. The predicted octanol–water partition coefficient (Wildman–Crippen LogP) is 2.96. The molecule has 4 N–H and O–H groups in total. The van der Waals surface area contributed by atoms with Gasteiger partial charge in [-0.15, -0.1) is 11.3 Å². The van der Waals surface area contributed by atoms with Gasteiger partial charge < -0.3 is 25.4 Å². The SMILES string of the molecule is C=C(C1CCCCC1)N1CCOC[C@H]1CNC(=O)c1ccc(C(NC)NC(O)C(F)(F)F)s1. The molecule has 2 heterocycles. The number of aliphatic hydroxyl groups excluding tert-OH is 1. The van der Waals surface area contributed by atoms with Crippen molar-refractivity contribution in [3.05, 3.63) is 34.2 Å². The van der Waals surface area contributed by atoms with Gasteiger partial charge in [-0.1, -0.05) is 25.8 Å². The number of carbonyl (C=O) groups is 1. The second-order valence-electron chi connectivity index (χ2n) is 8.49. The highest BCUT2D eigenvalue weighted by molar-refractivity contribution is 7.14. The van der Waals surface area contributed by atoms with Crippen molar-refractivity contribution < 1.29 is 27.8 Å². The average molecular weight is 491 g/mol. The Bertz CT molecular complexity index is 798. The number of rotatable bonds is 9. The van der Waals surface area contributed by atoms with Gasteiger partial charge in [0, 0.05) is 23.7 Å². The van der Waals surface area contributed by atoms with Crippen molar-refractivity contribution in [2.24, 2.45) is 5.92 Å². The van der Waals surface area contributed by atoms with Crippen molar-refractivity contribution in [3.63, 3.8) is 0 Å². The van der Waals surface area contributed by atoms with E-state index in [0.29, 0.717) is 35.4 Å². The van der Waals surface area contributed by atoms with Crippen LogP contribution in [0.5, 0.6) is 0 Å². The first kappa shape index (κ1) is 26.0. The normalized spacial score (nSPS) is 22.1. The van der Waals surface area contributed by atoms with E-state index in [0.717, 1.165) is 36.4 Å². The molecule has 1 aromatic rings. The topological polar surface area (TPSA) is 85.9 Å². The van der Waals surface area contributed by atoms with Crippen LogP contribution < -0.4 is 16.0 Å². The number of hydrogen-bond donors (Lipinski definition) is 4. The Morgan fingerprint density at radius 3 is 2.73 bits per heavy atom. The molecule has 0 aromatic carbocycles. The highest BCUT2D eigenvalue weighted by Gasteiger charge is 2.39. The second-order valence-corrected chi connectivity index (χ2v) is 9.61. The number of aliphatic hydroxyl groups is 1. The number of amides is 1. The van der Waals surface area contributed by atoms with E-state index in [9.17, 15) is 23.1 Å². The minimum absolute atomic E-state index is 0.00906. The fraction of sp³-hybridized carbons (Fsp3) is 0.682. The summed E-state index contributed by atoms with van der Waals surface area (Å²) in [7, 11) is 1.47. The second kappa shape index (κ2) is 11.7. The first-order valence-corrected chi connectivity index (χ1v) is 12.1. The Labute approximate surface area is 196 Å². The lowest BCUT2D eigenvalue weighted by Gasteiger charge is -2.41. The molecule has 1 aromatic heterocycles. The number of morpholine rings is 1. The van der Waals surface area contributed by atoms with Crippen molar-refractivity contribution in [1.29, 1.82) is 0 Å². The van der Waals surface area contributed by atoms with Gasteiger partial charge in [0.2, 0.25) is 6.23 Å². The standard InChI is InChI=1S/C22H33F3N4O3S/c1-14(15-6-4-3-5-7-15)29-10-11-32-13-16(29)12-27-20(30)18-9-8-17(33-18)19(26-2)28-21(31)22(23,24)25/h8-9,15-16,19,21,26,28,31H,1,3-7,10-13H2,2H3,(H,27,30)/t16-,19?,21?/m1/s1. The Morgan fingerprint density at radius 1 is 1.33 bits per heavy atom. The predicted molar refractivity (Wildman–Crippen MR) is 121 cm³/mol. The number of nitrogens with zero attached hydrogens (tertiary/aromatic N) is 1. The van der Waals surface area contributed by atoms with E-state index >= 15 is 0 Å². The zero-order chi connectivity index (χ0) is 24.0. The molecule has 1 saturated heterocycles. The molecule has 2 fully saturated rings. The van der Waals surface area contributed by atoms with Gasteiger partial charge in [-0.3, -0.25) is 10.1 Å². The molecule has 0 bridgehead atoms. The zero-order valence-electron chi connectivity index (χ0n) is 18.8. The summed E-state index contributed by atoms with van der Waals surface area (Å²) in [6.45, 7) is 6.62. The molecule has 11 heteroatoms. The number of halogens is 3. The molecule has 3 rings (SSSR count). The molecular formula is C22H33F3N4O3S. The average Bonchev–Trinajstić information content (AvgIpc) is 3.30. The summed E-state index contributed by atoms with van der Waals surface area (Å²) in [6.07, 6.45) is -2.40. The van der Waals surface area contributed by atoms with Gasteiger partial charge in [-0.05, 0) is 37.9 Å². The Hall–Kier alpha value is -1.66. The molecule has 1 aliphatic heterocycles. The smallest absolute Gasteiger partial charge is 0.377 e. The van der Waals surface area contributed by atoms with Crippen molar-refractivity contribution in [3.8, 4) is 0 Å². The van der Waals surface area contributed by atoms with Crippen molar-refractivity contribution in [1.82, 2.24) is 20.9 Å². The van der Waals surface area contributed by atoms with Crippen LogP contribution in [-0.4, -0.2) is 67.7 Å². The molecule has 186 valence electrons. The third-order valence-corrected chi connectivity index (χ3v) is 7.38. The molecule has 2 unspecified atom stereocenters. The molecule has 3 atom stereocenters. The summed E-state index contributed by atoms with van der Waals surface area (Å²) in [5.41, 5.74) is 1.13. The number of thiophene rings is 1. The monoisotopic (exact) mass is 490 g/mol.